The summed E-state index contributed by atoms with van der Waals surface area (Å²) in [6.07, 6.45) is -3.53. The highest BCUT2D eigenvalue weighted by Gasteiger charge is 2.30. The molecule has 18 heavy (non-hydrogen) atoms. The number of amides is 1. The topological polar surface area (TPSA) is 41.1 Å². The highest BCUT2D eigenvalue weighted by atomic mass is 19.4. The first kappa shape index (κ1) is 12.9. The molecule has 0 aromatic heterocycles. The van der Waals surface area contributed by atoms with Crippen LogP contribution in [0.5, 0.6) is 0 Å². The summed E-state index contributed by atoms with van der Waals surface area (Å²) in [4.78, 5) is 11.7. The zero-order chi connectivity index (χ0) is 13.2. The maximum Gasteiger partial charge on any atom is 0.416 e. The van der Waals surface area contributed by atoms with Crippen LogP contribution < -0.4 is 10.6 Å². The van der Waals surface area contributed by atoms with Crippen molar-refractivity contribution in [1.82, 2.24) is 10.6 Å². The van der Waals surface area contributed by atoms with Crippen molar-refractivity contribution < 1.29 is 18.0 Å². The van der Waals surface area contributed by atoms with E-state index in [0.29, 0.717) is 6.54 Å². The summed E-state index contributed by atoms with van der Waals surface area (Å²) in [5, 5.41) is 5.87. The molecule has 0 bridgehead atoms. The summed E-state index contributed by atoms with van der Waals surface area (Å²) in [6, 6.07) is 4.28. The van der Waals surface area contributed by atoms with E-state index >= 15 is 0 Å². The number of carbonyl (C=O) groups is 1. The van der Waals surface area contributed by atoms with E-state index in [9.17, 15) is 18.0 Å². The highest BCUT2D eigenvalue weighted by Crippen LogP contribution is 2.29. The monoisotopic (exact) mass is 258 g/mol. The molecule has 6 heteroatoms. The Morgan fingerprint density at radius 1 is 1.28 bits per heavy atom. The van der Waals surface area contributed by atoms with Gasteiger partial charge in [-0.3, -0.25) is 4.79 Å². The molecule has 98 valence electrons. The second kappa shape index (κ2) is 4.97. The molecule has 1 saturated heterocycles. The molecule has 3 nitrogen and oxygen atoms in total. The highest BCUT2D eigenvalue weighted by molar-refractivity contribution is 5.94. The minimum absolute atomic E-state index is 0.0554. The van der Waals surface area contributed by atoms with Gasteiger partial charge in [0, 0.05) is 18.2 Å². The molecule has 1 atom stereocenters. The minimum atomic E-state index is -4.37. The Bertz CT molecular complexity index is 422. The molecule has 0 aliphatic carbocycles. The van der Waals surface area contributed by atoms with Crippen LogP contribution in [0.25, 0.3) is 0 Å². The second-order valence-corrected chi connectivity index (χ2v) is 4.24. The maximum absolute atomic E-state index is 12.3. The standard InChI is InChI=1S/C12H13F3N2O/c13-12(14,15)9-3-1-8(2-4-9)11(18)17-10-5-6-16-7-10/h1-4,10,16H,5-7H2,(H,17,18)/t10-/m0/s1. The average molecular weight is 258 g/mol. The van der Waals surface area contributed by atoms with Gasteiger partial charge >= 0.3 is 6.18 Å². The van der Waals surface area contributed by atoms with E-state index in [1.165, 1.54) is 12.1 Å². The van der Waals surface area contributed by atoms with E-state index in [-0.39, 0.29) is 17.5 Å². The Morgan fingerprint density at radius 2 is 1.94 bits per heavy atom. The quantitative estimate of drug-likeness (QED) is 0.849. The molecule has 1 amide bonds. The predicted octanol–water partition coefficient (Wildman–Crippen LogP) is 1.80. The van der Waals surface area contributed by atoms with Gasteiger partial charge in [0.1, 0.15) is 0 Å². The number of carbonyl (C=O) groups excluding carboxylic acids is 1. The maximum atomic E-state index is 12.3. The third kappa shape index (κ3) is 3.01. The Kier molecular flexibility index (Phi) is 3.56. The lowest BCUT2D eigenvalue weighted by atomic mass is 10.1. The fraction of sp³-hybridized carbons (Fsp3) is 0.417. The van der Waals surface area contributed by atoms with Gasteiger partial charge in [0.15, 0.2) is 0 Å². The van der Waals surface area contributed by atoms with Crippen molar-refractivity contribution in [3.63, 3.8) is 0 Å². The molecule has 2 N–H and O–H groups in total. The number of rotatable bonds is 2. The SMILES string of the molecule is O=C(N[C@H]1CCNC1)c1ccc(C(F)(F)F)cc1. The molecule has 0 radical (unpaired) electrons. The molecular formula is C12H13F3N2O. The Hall–Kier alpha value is -1.56. The Morgan fingerprint density at radius 3 is 2.44 bits per heavy atom. The molecule has 0 saturated carbocycles. The van der Waals surface area contributed by atoms with Gasteiger partial charge in [-0.1, -0.05) is 0 Å². The first-order chi connectivity index (χ1) is 8.47. The van der Waals surface area contributed by atoms with Crippen molar-refractivity contribution in [2.75, 3.05) is 13.1 Å². The van der Waals surface area contributed by atoms with E-state index in [0.717, 1.165) is 25.1 Å². The number of alkyl halides is 3. The van der Waals surface area contributed by atoms with Crippen molar-refractivity contribution in [2.24, 2.45) is 0 Å². The van der Waals surface area contributed by atoms with Crippen molar-refractivity contribution in [1.29, 1.82) is 0 Å². The minimum Gasteiger partial charge on any atom is -0.348 e. The van der Waals surface area contributed by atoms with E-state index < -0.39 is 11.7 Å². The molecule has 1 aromatic carbocycles. The molecule has 1 aliphatic rings. The van der Waals surface area contributed by atoms with E-state index in [1.807, 2.05) is 0 Å². The van der Waals surface area contributed by atoms with Crippen LogP contribution in [-0.4, -0.2) is 25.0 Å². The number of benzene rings is 1. The van der Waals surface area contributed by atoms with Crippen molar-refractivity contribution in [3.8, 4) is 0 Å². The Labute approximate surface area is 102 Å². The first-order valence-corrected chi connectivity index (χ1v) is 5.65. The van der Waals surface area contributed by atoms with E-state index in [4.69, 9.17) is 0 Å². The summed E-state index contributed by atoms with van der Waals surface area (Å²) in [7, 11) is 0. The average Bonchev–Trinajstić information content (AvgIpc) is 2.81. The van der Waals surface area contributed by atoms with Crippen molar-refractivity contribution >= 4 is 5.91 Å². The summed E-state index contributed by atoms with van der Waals surface area (Å²) in [6.45, 7) is 1.55. The van der Waals surface area contributed by atoms with Crippen LogP contribution in [0.1, 0.15) is 22.3 Å². The van der Waals surface area contributed by atoms with Gasteiger partial charge in [-0.15, -0.1) is 0 Å². The van der Waals surface area contributed by atoms with Crippen LogP contribution in [0.15, 0.2) is 24.3 Å². The lowest BCUT2D eigenvalue weighted by molar-refractivity contribution is -0.137. The molecule has 0 spiro atoms. The van der Waals surface area contributed by atoms with Gasteiger partial charge < -0.3 is 10.6 Å². The number of hydrogen-bond acceptors (Lipinski definition) is 2. The van der Waals surface area contributed by atoms with Gasteiger partial charge in [-0.2, -0.15) is 13.2 Å². The summed E-state index contributed by atoms with van der Waals surface area (Å²) in [5.74, 6) is -0.336. The Balaban J connectivity index is 2.02. The normalized spacial score (nSPS) is 19.8. The first-order valence-electron chi connectivity index (χ1n) is 5.65. The van der Waals surface area contributed by atoms with Gasteiger partial charge in [0.2, 0.25) is 0 Å². The second-order valence-electron chi connectivity index (χ2n) is 4.24. The van der Waals surface area contributed by atoms with Crippen molar-refractivity contribution in [2.45, 2.75) is 18.6 Å². The summed E-state index contributed by atoms with van der Waals surface area (Å²) < 4.78 is 37.0. The van der Waals surface area contributed by atoms with Gasteiger partial charge in [-0.05, 0) is 37.2 Å². The van der Waals surface area contributed by atoms with Crippen LogP contribution >= 0.6 is 0 Å². The van der Waals surface area contributed by atoms with Crippen LogP contribution in [0.2, 0.25) is 0 Å². The van der Waals surface area contributed by atoms with Gasteiger partial charge in [0.25, 0.3) is 5.91 Å². The van der Waals surface area contributed by atoms with Gasteiger partial charge in [-0.25, -0.2) is 0 Å². The lowest BCUT2D eigenvalue weighted by Crippen LogP contribution is -2.36. The smallest absolute Gasteiger partial charge is 0.348 e. The summed E-state index contributed by atoms with van der Waals surface area (Å²) >= 11 is 0. The van der Waals surface area contributed by atoms with Crippen LogP contribution in [0, 0.1) is 0 Å². The van der Waals surface area contributed by atoms with Crippen molar-refractivity contribution in [3.05, 3.63) is 35.4 Å². The van der Waals surface area contributed by atoms with E-state index in [1.54, 1.807) is 0 Å². The van der Waals surface area contributed by atoms with Gasteiger partial charge in [0.05, 0.1) is 5.56 Å². The van der Waals surface area contributed by atoms with E-state index in [2.05, 4.69) is 10.6 Å². The van der Waals surface area contributed by atoms with Crippen LogP contribution in [0.4, 0.5) is 13.2 Å². The third-order valence-electron chi connectivity index (χ3n) is 2.87. The largest absolute Gasteiger partial charge is 0.416 e. The molecule has 1 aliphatic heterocycles. The fourth-order valence-electron chi connectivity index (χ4n) is 1.86. The predicted molar refractivity (Wildman–Crippen MR) is 60.2 cm³/mol. The number of nitrogens with one attached hydrogen (secondary N) is 2. The lowest BCUT2D eigenvalue weighted by Gasteiger charge is -2.12. The molecular weight excluding hydrogens is 245 g/mol. The molecule has 2 rings (SSSR count). The molecule has 1 aromatic rings. The van der Waals surface area contributed by atoms with Crippen LogP contribution in [-0.2, 0) is 6.18 Å². The molecule has 1 heterocycles. The third-order valence-corrected chi connectivity index (χ3v) is 2.87. The summed E-state index contributed by atoms with van der Waals surface area (Å²) in [5.41, 5.74) is -0.503. The van der Waals surface area contributed by atoms with Crippen LogP contribution in [0.3, 0.4) is 0 Å². The molecule has 0 unspecified atom stereocenters. The number of hydrogen-bond donors (Lipinski definition) is 2. The number of halogens is 3. The zero-order valence-electron chi connectivity index (χ0n) is 9.55. The fourth-order valence-corrected chi connectivity index (χ4v) is 1.86. The molecule has 1 fully saturated rings. The zero-order valence-corrected chi connectivity index (χ0v) is 9.55.